The molecule has 0 aromatic heterocycles. The highest BCUT2D eigenvalue weighted by atomic mass is 16.5. The van der Waals surface area contributed by atoms with Gasteiger partial charge in [-0.25, -0.2) is 0 Å². The monoisotopic (exact) mass is 271 g/mol. The third-order valence-electron chi connectivity index (χ3n) is 2.84. The van der Waals surface area contributed by atoms with Crippen molar-refractivity contribution in [3.05, 3.63) is 54.1 Å². The van der Waals surface area contributed by atoms with Crippen molar-refractivity contribution in [2.75, 3.05) is 5.32 Å². The molecule has 2 N–H and O–H groups in total. The van der Waals surface area contributed by atoms with Gasteiger partial charge in [0, 0.05) is 0 Å². The molecule has 0 aliphatic rings. The Morgan fingerprint density at radius 2 is 1.90 bits per heavy atom. The number of phenols is 1. The van der Waals surface area contributed by atoms with E-state index in [4.69, 9.17) is 4.74 Å². The largest absolute Gasteiger partial charge is 0.506 e. The smallest absolute Gasteiger partial charge is 0.265 e. The molecule has 0 aliphatic heterocycles. The lowest BCUT2D eigenvalue weighted by molar-refractivity contribution is -0.122. The number of carbonyl (C=O) groups excluding carboxylic acids is 1. The average molecular weight is 271 g/mol. The number of hydrogen-bond acceptors (Lipinski definition) is 3. The molecular formula is C16H17NO3. The van der Waals surface area contributed by atoms with Crippen LogP contribution >= 0.6 is 0 Å². The van der Waals surface area contributed by atoms with E-state index in [1.807, 2.05) is 31.2 Å². The van der Waals surface area contributed by atoms with Gasteiger partial charge in [-0.15, -0.1) is 0 Å². The topological polar surface area (TPSA) is 58.6 Å². The minimum absolute atomic E-state index is 0.0465. The number of nitrogens with one attached hydrogen (secondary N) is 1. The van der Waals surface area contributed by atoms with Gasteiger partial charge in [-0.3, -0.25) is 4.79 Å². The van der Waals surface area contributed by atoms with Crippen LogP contribution in [0.2, 0.25) is 0 Å². The van der Waals surface area contributed by atoms with Crippen LogP contribution in [-0.2, 0) is 4.79 Å². The predicted octanol–water partition coefficient (Wildman–Crippen LogP) is 3.11. The molecular weight excluding hydrogens is 254 g/mol. The van der Waals surface area contributed by atoms with Crippen LogP contribution in [0, 0.1) is 6.92 Å². The summed E-state index contributed by atoms with van der Waals surface area (Å²) in [5.41, 5.74) is 1.30. The Labute approximate surface area is 118 Å². The second kappa shape index (κ2) is 6.10. The van der Waals surface area contributed by atoms with E-state index >= 15 is 0 Å². The first kappa shape index (κ1) is 13.9. The second-order valence-electron chi connectivity index (χ2n) is 4.58. The summed E-state index contributed by atoms with van der Waals surface area (Å²) in [6.07, 6.45) is -0.655. The van der Waals surface area contributed by atoms with E-state index in [0.717, 1.165) is 5.56 Å². The van der Waals surface area contributed by atoms with Gasteiger partial charge in [0.25, 0.3) is 5.91 Å². The number of rotatable bonds is 4. The quantitative estimate of drug-likeness (QED) is 0.840. The number of ether oxygens (including phenoxy) is 1. The lowest BCUT2D eigenvalue weighted by Crippen LogP contribution is -2.30. The fraction of sp³-hybridized carbons (Fsp3) is 0.188. The van der Waals surface area contributed by atoms with E-state index in [2.05, 4.69) is 5.32 Å². The van der Waals surface area contributed by atoms with E-state index in [1.54, 1.807) is 31.2 Å². The van der Waals surface area contributed by atoms with Gasteiger partial charge in [-0.2, -0.15) is 0 Å². The molecule has 2 aromatic rings. The van der Waals surface area contributed by atoms with Crippen molar-refractivity contribution < 1.29 is 14.6 Å². The molecule has 0 aliphatic carbocycles. The minimum atomic E-state index is -0.655. The van der Waals surface area contributed by atoms with Crippen LogP contribution in [0.15, 0.2) is 48.5 Å². The third-order valence-corrected chi connectivity index (χ3v) is 2.84. The van der Waals surface area contributed by atoms with Crippen molar-refractivity contribution in [3.8, 4) is 11.5 Å². The van der Waals surface area contributed by atoms with Crippen molar-refractivity contribution >= 4 is 11.6 Å². The summed E-state index contributed by atoms with van der Waals surface area (Å²) in [4.78, 5) is 12.0. The molecule has 0 spiro atoms. The first-order chi connectivity index (χ1) is 9.56. The van der Waals surface area contributed by atoms with Crippen LogP contribution in [-0.4, -0.2) is 17.1 Å². The molecule has 0 heterocycles. The maximum Gasteiger partial charge on any atom is 0.265 e. The summed E-state index contributed by atoms with van der Waals surface area (Å²) >= 11 is 0. The highest BCUT2D eigenvalue weighted by Gasteiger charge is 2.16. The van der Waals surface area contributed by atoms with Gasteiger partial charge in [-0.1, -0.05) is 24.3 Å². The summed E-state index contributed by atoms with van der Waals surface area (Å²) in [7, 11) is 0. The van der Waals surface area contributed by atoms with Gasteiger partial charge in [0.2, 0.25) is 0 Å². The number of phenolic OH excluding ortho intramolecular Hbond substituents is 1. The van der Waals surface area contributed by atoms with Crippen LogP contribution in [0.3, 0.4) is 0 Å². The molecule has 0 fully saturated rings. The minimum Gasteiger partial charge on any atom is -0.506 e. The highest BCUT2D eigenvalue weighted by Crippen LogP contribution is 2.24. The number of anilines is 1. The molecule has 2 aromatic carbocycles. The Kier molecular flexibility index (Phi) is 4.25. The van der Waals surface area contributed by atoms with Gasteiger partial charge in [0.1, 0.15) is 11.5 Å². The zero-order chi connectivity index (χ0) is 14.5. The maximum atomic E-state index is 12.0. The number of para-hydroxylation sites is 1. The molecule has 20 heavy (non-hydrogen) atoms. The van der Waals surface area contributed by atoms with Crippen LogP contribution in [0.25, 0.3) is 0 Å². The zero-order valence-electron chi connectivity index (χ0n) is 11.5. The molecule has 0 saturated carbocycles. The highest BCUT2D eigenvalue weighted by molar-refractivity contribution is 5.95. The van der Waals surface area contributed by atoms with Crippen molar-refractivity contribution in [2.45, 2.75) is 20.0 Å². The van der Waals surface area contributed by atoms with Crippen molar-refractivity contribution in [1.29, 1.82) is 0 Å². The number of amides is 1. The maximum absolute atomic E-state index is 12.0. The Bertz CT molecular complexity index is 596. The van der Waals surface area contributed by atoms with Gasteiger partial charge in [0.15, 0.2) is 6.10 Å². The van der Waals surface area contributed by atoms with Gasteiger partial charge in [-0.05, 0) is 43.7 Å². The molecule has 1 atom stereocenters. The van der Waals surface area contributed by atoms with E-state index < -0.39 is 6.10 Å². The lowest BCUT2D eigenvalue weighted by atomic mass is 10.2. The Morgan fingerprint density at radius 1 is 1.20 bits per heavy atom. The van der Waals surface area contributed by atoms with Crippen LogP contribution in [0.4, 0.5) is 5.69 Å². The Hall–Kier alpha value is -2.49. The number of carbonyl (C=O) groups is 1. The van der Waals surface area contributed by atoms with E-state index in [1.165, 1.54) is 0 Å². The lowest BCUT2D eigenvalue weighted by Gasteiger charge is -2.15. The van der Waals surface area contributed by atoms with Crippen LogP contribution in [0.5, 0.6) is 11.5 Å². The Balaban J connectivity index is 2.01. The second-order valence-corrected chi connectivity index (χ2v) is 4.58. The summed E-state index contributed by atoms with van der Waals surface area (Å²) < 4.78 is 5.52. The van der Waals surface area contributed by atoms with Crippen molar-refractivity contribution in [3.63, 3.8) is 0 Å². The average Bonchev–Trinajstić information content (AvgIpc) is 2.43. The fourth-order valence-electron chi connectivity index (χ4n) is 1.74. The summed E-state index contributed by atoms with van der Waals surface area (Å²) in [5.74, 6) is 0.363. The number of aromatic hydroxyl groups is 1. The molecule has 4 heteroatoms. The van der Waals surface area contributed by atoms with Crippen LogP contribution in [0.1, 0.15) is 12.5 Å². The first-order valence-electron chi connectivity index (χ1n) is 6.38. The first-order valence-corrected chi connectivity index (χ1v) is 6.38. The molecule has 104 valence electrons. The standard InChI is InChI=1S/C16H17NO3/c1-11-8-9-14(15(18)10-11)17-16(19)12(2)20-13-6-4-3-5-7-13/h3-10,12,18H,1-2H3,(H,17,19)/t12-/m1/s1. The number of hydrogen-bond donors (Lipinski definition) is 2. The summed E-state index contributed by atoms with van der Waals surface area (Å²) in [6, 6.07) is 14.2. The molecule has 2 rings (SSSR count). The summed E-state index contributed by atoms with van der Waals surface area (Å²) in [6.45, 7) is 3.53. The molecule has 4 nitrogen and oxygen atoms in total. The third kappa shape index (κ3) is 3.51. The summed E-state index contributed by atoms with van der Waals surface area (Å²) in [5, 5.41) is 12.4. The van der Waals surface area contributed by atoms with E-state index in [9.17, 15) is 9.90 Å². The molecule has 0 radical (unpaired) electrons. The molecule has 0 unspecified atom stereocenters. The zero-order valence-corrected chi connectivity index (χ0v) is 11.5. The molecule has 0 saturated heterocycles. The fourth-order valence-corrected chi connectivity index (χ4v) is 1.74. The predicted molar refractivity (Wildman–Crippen MR) is 78.0 cm³/mol. The Morgan fingerprint density at radius 3 is 2.55 bits per heavy atom. The number of aryl methyl sites for hydroxylation is 1. The van der Waals surface area contributed by atoms with Crippen molar-refractivity contribution in [1.82, 2.24) is 0 Å². The molecule has 0 bridgehead atoms. The SMILES string of the molecule is Cc1ccc(NC(=O)[C@@H](C)Oc2ccccc2)c(O)c1. The van der Waals surface area contributed by atoms with E-state index in [-0.39, 0.29) is 11.7 Å². The number of benzene rings is 2. The van der Waals surface area contributed by atoms with Crippen LogP contribution < -0.4 is 10.1 Å². The van der Waals surface area contributed by atoms with Gasteiger partial charge in [0.05, 0.1) is 5.69 Å². The van der Waals surface area contributed by atoms with Crippen molar-refractivity contribution in [2.24, 2.45) is 0 Å². The normalized spacial score (nSPS) is 11.7. The van der Waals surface area contributed by atoms with Gasteiger partial charge >= 0.3 is 0 Å². The van der Waals surface area contributed by atoms with Gasteiger partial charge < -0.3 is 15.2 Å². The molecule has 1 amide bonds. The van der Waals surface area contributed by atoms with E-state index in [0.29, 0.717) is 11.4 Å².